The molecule has 0 bridgehead atoms. The molecule has 0 amide bonds. The lowest BCUT2D eigenvalue weighted by Gasteiger charge is -2.18. The lowest BCUT2D eigenvalue weighted by atomic mass is 10.0. The molecule has 2 aromatic rings. The van der Waals surface area contributed by atoms with Gasteiger partial charge in [-0.2, -0.15) is 0 Å². The molecule has 0 aliphatic rings. The van der Waals surface area contributed by atoms with Gasteiger partial charge in [0.1, 0.15) is 0 Å². The van der Waals surface area contributed by atoms with Crippen molar-refractivity contribution in [2.45, 2.75) is 31.1 Å². The molecule has 4 nitrogen and oxygen atoms in total. The van der Waals surface area contributed by atoms with Gasteiger partial charge in [0, 0.05) is 41.0 Å². The van der Waals surface area contributed by atoms with Gasteiger partial charge in [-0.05, 0) is 29.7 Å². The van der Waals surface area contributed by atoms with Gasteiger partial charge in [-0.1, -0.05) is 38.1 Å². The zero-order valence-corrected chi connectivity index (χ0v) is 15.0. The van der Waals surface area contributed by atoms with Gasteiger partial charge in [0.25, 0.3) is 10.0 Å². The molecule has 0 N–H and O–H groups in total. The minimum atomic E-state index is -3.56. The normalized spacial score (nSPS) is 12.0. The summed E-state index contributed by atoms with van der Waals surface area (Å²) in [6.07, 6.45) is 2.26. The van der Waals surface area contributed by atoms with Crippen LogP contribution < -0.4 is 0 Å². The quantitative estimate of drug-likeness (QED) is 0.714. The summed E-state index contributed by atoms with van der Waals surface area (Å²) in [7, 11) is -3.56. The summed E-state index contributed by atoms with van der Waals surface area (Å²) < 4.78 is 26.7. The van der Waals surface area contributed by atoms with Crippen LogP contribution in [0.1, 0.15) is 31.0 Å². The fourth-order valence-corrected chi connectivity index (χ4v) is 4.21. The van der Waals surface area contributed by atoms with E-state index < -0.39 is 10.0 Å². The molecule has 0 atom stereocenters. The first-order chi connectivity index (χ1) is 10.4. The molecule has 22 heavy (non-hydrogen) atoms. The van der Waals surface area contributed by atoms with E-state index in [4.69, 9.17) is 0 Å². The summed E-state index contributed by atoms with van der Waals surface area (Å²) in [6, 6.07) is 12.7. The maximum Gasteiger partial charge on any atom is 0.252 e. The lowest BCUT2D eigenvalue weighted by Crippen LogP contribution is -2.25. The van der Waals surface area contributed by atoms with E-state index in [2.05, 4.69) is 21.1 Å². The van der Waals surface area contributed by atoms with Crippen LogP contribution in [0.25, 0.3) is 0 Å². The first-order valence-electron chi connectivity index (χ1n) is 7.10. The molecule has 1 aromatic carbocycles. The molecule has 118 valence electrons. The van der Waals surface area contributed by atoms with E-state index >= 15 is 0 Å². The Hall–Kier alpha value is -1.24. The number of nitrogens with zero attached hydrogens (tertiary/aromatic N) is 2. The number of rotatable bonds is 6. The monoisotopic (exact) mass is 382 g/mol. The third-order valence-electron chi connectivity index (χ3n) is 3.35. The SMILES string of the molecule is CC(C)c1ccccc1S(=O)(=O)N(Br)CCc1ccccn1. The maximum atomic E-state index is 12.7. The lowest BCUT2D eigenvalue weighted by molar-refractivity contribution is 0.544. The van der Waals surface area contributed by atoms with Crippen LogP contribution in [0.3, 0.4) is 0 Å². The minimum Gasteiger partial charge on any atom is -0.261 e. The summed E-state index contributed by atoms with van der Waals surface area (Å²) in [6.45, 7) is 4.30. The highest BCUT2D eigenvalue weighted by Gasteiger charge is 2.25. The number of benzene rings is 1. The summed E-state index contributed by atoms with van der Waals surface area (Å²) in [5.41, 5.74) is 1.68. The summed E-state index contributed by atoms with van der Waals surface area (Å²) in [5.74, 6) is 0.141. The molecule has 0 unspecified atom stereocenters. The van der Waals surface area contributed by atoms with Gasteiger partial charge in [-0.25, -0.2) is 8.42 Å². The smallest absolute Gasteiger partial charge is 0.252 e. The van der Waals surface area contributed by atoms with Crippen LogP contribution >= 0.6 is 16.1 Å². The second-order valence-electron chi connectivity index (χ2n) is 5.28. The van der Waals surface area contributed by atoms with Crippen LogP contribution in [0.2, 0.25) is 0 Å². The maximum absolute atomic E-state index is 12.7. The number of aromatic nitrogens is 1. The summed E-state index contributed by atoms with van der Waals surface area (Å²) >= 11 is 3.19. The van der Waals surface area contributed by atoms with Gasteiger partial charge in [0.05, 0.1) is 4.90 Å². The Labute approximate surface area is 140 Å². The topological polar surface area (TPSA) is 50.3 Å². The Morgan fingerprint density at radius 3 is 2.45 bits per heavy atom. The zero-order chi connectivity index (χ0) is 16.2. The molecule has 0 saturated carbocycles. The molecule has 1 heterocycles. The molecule has 0 radical (unpaired) electrons. The second kappa shape index (κ2) is 7.35. The number of halogens is 1. The predicted molar refractivity (Wildman–Crippen MR) is 91.3 cm³/mol. The molecule has 0 spiro atoms. The van der Waals surface area contributed by atoms with E-state index in [0.717, 1.165) is 11.3 Å². The third-order valence-corrected chi connectivity index (χ3v) is 6.48. The highest BCUT2D eigenvalue weighted by molar-refractivity contribution is 9.08. The molecule has 0 fully saturated rings. The van der Waals surface area contributed by atoms with Crippen molar-refractivity contribution in [2.75, 3.05) is 6.54 Å². The largest absolute Gasteiger partial charge is 0.261 e. The molecule has 0 aliphatic heterocycles. The van der Waals surface area contributed by atoms with Crippen molar-refractivity contribution < 1.29 is 8.42 Å². The van der Waals surface area contributed by atoms with Crippen molar-refractivity contribution >= 4 is 26.2 Å². The average Bonchev–Trinajstić information content (AvgIpc) is 2.53. The Morgan fingerprint density at radius 2 is 1.82 bits per heavy atom. The van der Waals surface area contributed by atoms with Crippen LogP contribution in [-0.2, 0) is 16.4 Å². The fourth-order valence-electron chi connectivity index (χ4n) is 2.17. The Morgan fingerprint density at radius 1 is 1.14 bits per heavy atom. The standard InChI is InChI=1S/C16H19BrN2O2S/c1-13(2)15-8-3-4-9-16(15)22(20,21)19(17)12-10-14-7-5-6-11-18-14/h3-9,11,13H,10,12H2,1-2H3. The molecular formula is C16H19BrN2O2S. The van der Waals surface area contributed by atoms with Crippen molar-refractivity contribution in [1.82, 2.24) is 8.32 Å². The van der Waals surface area contributed by atoms with Crippen molar-refractivity contribution in [1.29, 1.82) is 0 Å². The predicted octanol–water partition coefficient (Wildman–Crippen LogP) is 3.75. The zero-order valence-electron chi connectivity index (χ0n) is 12.6. The van der Waals surface area contributed by atoms with Crippen molar-refractivity contribution in [3.8, 4) is 0 Å². The Bertz CT molecular complexity index is 718. The molecule has 2 rings (SSSR count). The van der Waals surface area contributed by atoms with Crippen LogP contribution in [-0.4, -0.2) is 23.3 Å². The number of pyridine rings is 1. The van der Waals surface area contributed by atoms with Crippen LogP contribution in [0.4, 0.5) is 0 Å². The van der Waals surface area contributed by atoms with Crippen molar-refractivity contribution in [3.63, 3.8) is 0 Å². The number of sulfonamides is 1. The minimum absolute atomic E-state index is 0.141. The first-order valence-corrected chi connectivity index (χ1v) is 9.25. The van der Waals surface area contributed by atoms with E-state index in [-0.39, 0.29) is 5.92 Å². The highest BCUT2D eigenvalue weighted by atomic mass is 79.9. The summed E-state index contributed by atoms with van der Waals surface area (Å²) in [4.78, 5) is 4.56. The molecule has 1 aromatic heterocycles. The van der Waals surface area contributed by atoms with E-state index in [1.54, 1.807) is 18.3 Å². The van der Waals surface area contributed by atoms with Crippen molar-refractivity contribution in [3.05, 3.63) is 59.9 Å². The van der Waals surface area contributed by atoms with E-state index in [0.29, 0.717) is 17.9 Å². The molecular weight excluding hydrogens is 364 g/mol. The van der Waals surface area contributed by atoms with Gasteiger partial charge in [-0.3, -0.25) is 4.98 Å². The fraction of sp³-hybridized carbons (Fsp3) is 0.312. The molecule has 6 heteroatoms. The molecule has 0 aliphatic carbocycles. The Balaban J connectivity index is 2.19. The average molecular weight is 383 g/mol. The van der Waals surface area contributed by atoms with Crippen LogP contribution in [0, 0.1) is 0 Å². The summed E-state index contributed by atoms with van der Waals surface area (Å²) in [5, 5.41) is 0. The molecule has 0 saturated heterocycles. The van der Waals surface area contributed by atoms with E-state index in [9.17, 15) is 8.42 Å². The van der Waals surface area contributed by atoms with Crippen LogP contribution in [0.5, 0.6) is 0 Å². The van der Waals surface area contributed by atoms with Gasteiger partial charge >= 0.3 is 0 Å². The first kappa shape index (κ1) is 17.1. The van der Waals surface area contributed by atoms with Crippen molar-refractivity contribution in [2.24, 2.45) is 0 Å². The number of hydrogen-bond donors (Lipinski definition) is 0. The second-order valence-corrected chi connectivity index (χ2v) is 8.44. The Kier molecular flexibility index (Phi) is 5.72. The van der Waals surface area contributed by atoms with Gasteiger partial charge in [0.15, 0.2) is 0 Å². The van der Waals surface area contributed by atoms with Crippen LogP contribution in [0.15, 0.2) is 53.6 Å². The van der Waals surface area contributed by atoms with E-state index in [1.807, 2.05) is 44.2 Å². The third kappa shape index (κ3) is 3.94. The highest BCUT2D eigenvalue weighted by Crippen LogP contribution is 2.27. The van der Waals surface area contributed by atoms with Gasteiger partial charge in [0.2, 0.25) is 0 Å². The van der Waals surface area contributed by atoms with Gasteiger partial charge in [-0.15, -0.1) is 3.33 Å². The van der Waals surface area contributed by atoms with Gasteiger partial charge < -0.3 is 0 Å². The number of hydrogen-bond acceptors (Lipinski definition) is 3. The van der Waals surface area contributed by atoms with E-state index in [1.165, 1.54) is 3.33 Å².